The van der Waals surface area contributed by atoms with E-state index in [9.17, 15) is 0 Å². The minimum absolute atomic E-state index is 0.0572. The summed E-state index contributed by atoms with van der Waals surface area (Å²) in [6.07, 6.45) is 2.12. The predicted octanol–water partition coefficient (Wildman–Crippen LogP) is 1.68. The lowest BCUT2D eigenvalue weighted by Crippen LogP contribution is -2.31. The van der Waals surface area contributed by atoms with Gasteiger partial charge in [-0.15, -0.1) is 0 Å². The molecule has 2 unspecified atom stereocenters. The molecule has 1 rings (SSSR count). The van der Waals surface area contributed by atoms with Crippen molar-refractivity contribution >= 4 is 0 Å². The molecule has 0 radical (unpaired) electrons. The normalized spacial score (nSPS) is 29.1. The van der Waals surface area contributed by atoms with Crippen LogP contribution in [0.15, 0.2) is 0 Å². The number of nitrogens with one attached hydrogen (secondary N) is 1. The van der Waals surface area contributed by atoms with Crippen molar-refractivity contribution in [3.8, 4) is 6.07 Å². The molecule has 1 saturated carbocycles. The van der Waals surface area contributed by atoms with Crippen molar-refractivity contribution < 1.29 is 0 Å². The van der Waals surface area contributed by atoms with Crippen LogP contribution in [-0.2, 0) is 0 Å². The van der Waals surface area contributed by atoms with Crippen molar-refractivity contribution in [2.24, 2.45) is 5.41 Å². The molecule has 0 heterocycles. The lowest BCUT2D eigenvalue weighted by Gasteiger charge is -2.09. The fourth-order valence-electron chi connectivity index (χ4n) is 1.24. The Morgan fingerprint density at radius 2 is 2.27 bits per heavy atom. The molecule has 2 nitrogen and oxygen atoms in total. The Morgan fingerprint density at radius 1 is 1.73 bits per heavy atom. The Hall–Kier alpha value is -0.550. The van der Waals surface area contributed by atoms with Gasteiger partial charge in [-0.1, -0.05) is 20.8 Å². The van der Waals surface area contributed by atoms with Crippen LogP contribution in [0.1, 0.15) is 33.6 Å². The van der Waals surface area contributed by atoms with Crippen molar-refractivity contribution in [2.75, 3.05) is 0 Å². The summed E-state index contributed by atoms with van der Waals surface area (Å²) >= 11 is 0. The summed E-state index contributed by atoms with van der Waals surface area (Å²) in [6.45, 7) is 6.50. The van der Waals surface area contributed by atoms with Crippen LogP contribution in [0.2, 0.25) is 0 Å². The average molecular weight is 152 g/mol. The zero-order chi connectivity index (χ0) is 8.48. The molecular weight excluding hydrogens is 136 g/mol. The molecule has 0 saturated heterocycles. The van der Waals surface area contributed by atoms with Crippen molar-refractivity contribution in [2.45, 2.75) is 45.7 Å². The Bertz CT molecular complexity index is 178. The van der Waals surface area contributed by atoms with Gasteiger partial charge in [-0.05, 0) is 18.3 Å². The van der Waals surface area contributed by atoms with E-state index in [0.29, 0.717) is 11.5 Å². The standard InChI is InChI=1S/C9H16N2/c1-4-7(6-10)11-8-5-9(8,2)3/h7-8,11H,4-5H2,1-3H3. The van der Waals surface area contributed by atoms with E-state index >= 15 is 0 Å². The average Bonchev–Trinajstić information content (AvgIpc) is 2.54. The third-order valence-electron chi connectivity index (χ3n) is 2.48. The van der Waals surface area contributed by atoms with Gasteiger partial charge in [0.1, 0.15) is 0 Å². The van der Waals surface area contributed by atoms with Crippen LogP contribution < -0.4 is 5.32 Å². The fraction of sp³-hybridized carbons (Fsp3) is 0.889. The second-order valence-corrected chi connectivity index (χ2v) is 4.00. The maximum absolute atomic E-state index is 8.66. The molecule has 0 aromatic heterocycles. The molecule has 1 aliphatic rings. The Labute approximate surface area is 68.6 Å². The first kappa shape index (κ1) is 8.55. The first-order chi connectivity index (χ1) is 5.10. The van der Waals surface area contributed by atoms with Gasteiger partial charge in [0.2, 0.25) is 0 Å². The maximum atomic E-state index is 8.66. The van der Waals surface area contributed by atoms with Crippen LogP contribution in [0.4, 0.5) is 0 Å². The molecule has 1 aliphatic carbocycles. The summed E-state index contributed by atoms with van der Waals surface area (Å²) < 4.78 is 0. The Balaban J connectivity index is 2.28. The summed E-state index contributed by atoms with van der Waals surface area (Å²) in [4.78, 5) is 0. The van der Waals surface area contributed by atoms with E-state index in [1.54, 1.807) is 0 Å². The zero-order valence-electron chi connectivity index (χ0n) is 7.52. The first-order valence-electron chi connectivity index (χ1n) is 4.26. The van der Waals surface area contributed by atoms with Gasteiger partial charge in [-0.3, -0.25) is 5.32 Å². The molecule has 0 aromatic rings. The highest BCUT2D eigenvalue weighted by Gasteiger charge is 2.46. The van der Waals surface area contributed by atoms with Gasteiger partial charge in [0.15, 0.2) is 0 Å². The van der Waals surface area contributed by atoms with E-state index in [2.05, 4.69) is 25.2 Å². The van der Waals surface area contributed by atoms with Gasteiger partial charge in [0.05, 0.1) is 12.1 Å². The molecule has 62 valence electrons. The summed E-state index contributed by atoms with van der Waals surface area (Å²) in [6, 6.07) is 2.88. The molecule has 2 atom stereocenters. The topological polar surface area (TPSA) is 35.8 Å². The van der Waals surface area contributed by atoms with Crippen LogP contribution in [0.5, 0.6) is 0 Å². The van der Waals surface area contributed by atoms with Gasteiger partial charge < -0.3 is 0 Å². The van der Waals surface area contributed by atoms with Crippen LogP contribution in [0.25, 0.3) is 0 Å². The van der Waals surface area contributed by atoms with Crippen molar-refractivity contribution in [3.05, 3.63) is 0 Å². The molecular formula is C9H16N2. The zero-order valence-corrected chi connectivity index (χ0v) is 7.52. The van der Waals surface area contributed by atoms with E-state index in [1.165, 1.54) is 6.42 Å². The maximum Gasteiger partial charge on any atom is 0.0952 e. The van der Waals surface area contributed by atoms with Gasteiger partial charge in [0, 0.05) is 6.04 Å². The number of nitriles is 1. The molecule has 0 bridgehead atoms. The molecule has 11 heavy (non-hydrogen) atoms. The lowest BCUT2D eigenvalue weighted by molar-refractivity contribution is 0.502. The minimum Gasteiger partial charge on any atom is -0.299 e. The number of hydrogen-bond donors (Lipinski definition) is 1. The van der Waals surface area contributed by atoms with Crippen LogP contribution >= 0.6 is 0 Å². The van der Waals surface area contributed by atoms with E-state index in [-0.39, 0.29) is 6.04 Å². The molecule has 0 amide bonds. The van der Waals surface area contributed by atoms with Crippen molar-refractivity contribution in [3.63, 3.8) is 0 Å². The largest absolute Gasteiger partial charge is 0.299 e. The molecule has 1 N–H and O–H groups in total. The van der Waals surface area contributed by atoms with Gasteiger partial charge >= 0.3 is 0 Å². The second-order valence-electron chi connectivity index (χ2n) is 4.00. The number of rotatable bonds is 3. The molecule has 0 aliphatic heterocycles. The number of nitrogens with zero attached hydrogens (tertiary/aromatic N) is 1. The van der Waals surface area contributed by atoms with Gasteiger partial charge in [0.25, 0.3) is 0 Å². The Kier molecular flexibility index (Phi) is 2.20. The smallest absolute Gasteiger partial charge is 0.0952 e. The molecule has 2 heteroatoms. The Morgan fingerprint density at radius 3 is 2.55 bits per heavy atom. The highest BCUT2D eigenvalue weighted by molar-refractivity contribution is 5.05. The van der Waals surface area contributed by atoms with E-state index in [4.69, 9.17) is 5.26 Å². The third kappa shape index (κ3) is 1.94. The molecule has 0 aromatic carbocycles. The first-order valence-corrected chi connectivity index (χ1v) is 4.26. The summed E-state index contributed by atoms with van der Waals surface area (Å²) in [5, 5.41) is 12.0. The van der Waals surface area contributed by atoms with Crippen molar-refractivity contribution in [1.29, 1.82) is 5.26 Å². The quantitative estimate of drug-likeness (QED) is 0.667. The van der Waals surface area contributed by atoms with Crippen LogP contribution in [-0.4, -0.2) is 12.1 Å². The minimum atomic E-state index is 0.0572. The van der Waals surface area contributed by atoms with E-state index in [1.807, 2.05) is 6.92 Å². The second kappa shape index (κ2) is 2.83. The summed E-state index contributed by atoms with van der Waals surface area (Å²) in [5.74, 6) is 0. The van der Waals surface area contributed by atoms with E-state index in [0.717, 1.165) is 6.42 Å². The molecule has 1 fully saturated rings. The number of hydrogen-bond acceptors (Lipinski definition) is 2. The van der Waals surface area contributed by atoms with E-state index < -0.39 is 0 Å². The third-order valence-corrected chi connectivity index (χ3v) is 2.48. The molecule has 0 spiro atoms. The van der Waals surface area contributed by atoms with Gasteiger partial charge in [-0.25, -0.2) is 0 Å². The fourth-order valence-corrected chi connectivity index (χ4v) is 1.24. The van der Waals surface area contributed by atoms with Crippen LogP contribution in [0.3, 0.4) is 0 Å². The summed E-state index contributed by atoms with van der Waals surface area (Å²) in [7, 11) is 0. The van der Waals surface area contributed by atoms with Crippen molar-refractivity contribution in [1.82, 2.24) is 5.32 Å². The van der Waals surface area contributed by atoms with Gasteiger partial charge in [-0.2, -0.15) is 5.26 Å². The highest BCUT2D eigenvalue weighted by Crippen LogP contribution is 2.44. The summed E-state index contributed by atoms with van der Waals surface area (Å²) in [5.41, 5.74) is 0.435. The van der Waals surface area contributed by atoms with Crippen LogP contribution in [0, 0.1) is 16.7 Å². The highest BCUT2D eigenvalue weighted by atomic mass is 15.0. The lowest BCUT2D eigenvalue weighted by atomic mass is 10.1. The SMILES string of the molecule is CCC(C#N)NC1CC1(C)C. The monoisotopic (exact) mass is 152 g/mol. The predicted molar refractivity (Wildman–Crippen MR) is 45.0 cm³/mol.